The molecule has 1 heterocycles. The van der Waals surface area contributed by atoms with Gasteiger partial charge in [0.2, 0.25) is 0 Å². The molecule has 0 bridgehead atoms. The lowest BCUT2D eigenvalue weighted by molar-refractivity contribution is 0.0913. The van der Waals surface area contributed by atoms with Crippen molar-refractivity contribution < 1.29 is 18.7 Å². The molecule has 3 aromatic rings. The lowest BCUT2D eigenvalue weighted by atomic mass is 10.1. The number of hydrogen-bond donors (Lipinski definition) is 1. The molecule has 0 spiro atoms. The number of para-hydroxylation sites is 1. The van der Waals surface area contributed by atoms with E-state index < -0.39 is 0 Å². The van der Waals surface area contributed by atoms with E-state index in [1.54, 1.807) is 20.3 Å². The van der Waals surface area contributed by atoms with Crippen LogP contribution < -0.4 is 14.8 Å². The molecule has 5 nitrogen and oxygen atoms in total. The van der Waals surface area contributed by atoms with E-state index in [0.717, 1.165) is 10.9 Å². The van der Waals surface area contributed by atoms with E-state index >= 15 is 0 Å². The molecule has 0 aliphatic heterocycles. The van der Waals surface area contributed by atoms with Gasteiger partial charge in [0.15, 0.2) is 5.76 Å². The first kappa shape index (κ1) is 15.9. The van der Waals surface area contributed by atoms with Gasteiger partial charge in [0.25, 0.3) is 5.91 Å². The fourth-order valence-electron chi connectivity index (χ4n) is 2.62. The Kier molecular flexibility index (Phi) is 4.42. The molecular weight excluding hydrogens is 306 g/mol. The molecule has 0 saturated heterocycles. The number of hydrogen-bond acceptors (Lipinski definition) is 4. The van der Waals surface area contributed by atoms with Crippen molar-refractivity contribution in [1.29, 1.82) is 0 Å². The van der Waals surface area contributed by atoms with Crippen LogP contribution in [-0.2, 0) is 0 Å². The number of ether oxygens (including phenoxy) is 2. The number of methoxy groups -OCH3 is 2. The van der Waals surface area contributed by atoms with Crippen molar-refractivity contribution in [2.75, 3.05) is 14.2 Å². The molecule has 0 aliphatic rings. The number of rotatable bonds is 5. The Bertz CT molecular complexity index is 836. The van der Waals surface area contributed by atoms with Gasteiger partial charge in [0.05, 0.1) is 20.3 Å². The minimum atomic E-state index is -0.274. The SMILES string of the molecule is COc1ccc(OC)c([C@@H](C)NC(=O)c2cc3ccccc3o2)c1. The van der Waals surface area contributed by atoms with E-state index in [-0.39, 0.29) is 17.7 Å². The number of nitrogens with one attached hydrogen (secondary N) is 1. The predicted octanol–water partition coefficient (Wildman–Crippen LogP) is 3.94. The van der Waals surface area contributed by atoms with Gasteiger partial charge in [-0.1, -0.05) is 18.2 Å². The van der Waals surface area contributed by atoms with Gasteiger partial charge in [-0.15, -0.1) is 0 Å². The van der Waals surface area contributed by atoms with Crippen LogP contribution in [0.4, 0.5) is 0 Å². The summed E-state index contributed by atoms with van der Waals surface area (Å²) in [5.74, 6) is 1.40. The summed E-state index contributed by atoms with van der Waals surface area (Å²) in [6.07, 6.45) is 0. The fraction of sp³-hybridized carbons (Fsp3) is 0.211. The first-order valence-electron chi connectivity index (χ1n) is 7.63. The van der Waals surface area contributed by atoms with Crippen LogP contribution in [0.1, 0.15) is 29.1 Å². The van der Waals surface area contributed by atoms with Crippen LogP contribution in [0.3, 0.4) is 0 Å². The number of amides is 1. The number of fused-ring (bicyclic) bond motifs is 1. The fourth-order valence-corrected chi connectivity index (χ4v) is 2.62. The Hall–Kier alpha value is -2.95. The average Bonchev–Trinajstić information content (AvgIpc) is 3.05. The highest BCUT2D eigenvalue weighted by Crippen LogP contribution is 2.29. The zero-order chi connectivity index (χ0) is 17.1. The molecule has 24 heavy (non-hydrogen) atoms. The highest BCUT2D eigenvalue weighted by Gasteiger charge is 2.18. The van der Waals surface area contributed by atoms with E-state index in [1.807, 2.05) is 49.4 Å². The smallest absolute Gasteiger partial charge is 0.287 e. The first-order valence-corrected chi connectivity index (χ1v) is 7.63. The summed E-state index contributed by atoms with van der Waals surface area (Å²) in [5.41, 5.74) is 1.52. The summed E-state index contributed by atoms with van der Waals surface area (Å²) >= 11 is 0. The van der Waals surface area contributed by atoms with E-state index in [2.05, 4.69) is 5.32 Å². The molecule has 3 rings (SSSR count). The summed E-state index contributed by atoms with van der Waals surface area (Å²) in [6.45, 7) is 1.89. The third-order valence-electron chi connectivity index (χ3n) is 3.90. The van der Waals surface area contributed by atoms with E-state index in [0.29, 0.717) is 17.1 Å². The molecule has 1 N–H and O–H groups in total. The average molecular weight is 325 g/mol. The topological polar surface area (TPSA) is 60.7 Å². The summed E-state index contributed by atoms with van der Waals surface area (Å²) < 4.78 is 16.2. The number of benzene rings is 2. The van der Waals surface area contributed by atoms with Crippen molar-refractivity contribution in [3.63, 3.8) is 0 Å². The minimum Gasteiger partial charge on any atom is -0.497 e. The number of furan rings is 1. The zero-order valence-electron chi connectivity index (χ0n) is 13.8. The van der Waals surface area contributed by atoms with Gasteiger partial charge in [-0.2, -0.15) is 0 Å². The summed E-state index contributed by atoms with van der Waals surface area (Å²) in [7, 11) is 3.20. The Morgan fingerprint density at radius 1 is 1.08 bits per heavy atom. The van der Waals surface area contributed by atoms with Crippen molar-refractivity contribution in [1.82, 2.24) is 5.32 Å². The Morgan fingerprint density at radius 3 is 2.58 bits per heavy atom. The van der Waals surface area contributed by atoms with Gasteiger partial charge in [0, 0.05) is 10.9 Å². The van der Waals surface area contributed by atoms with Crippen LogP contribution >= 0.6 is 0 Å². The summed E-state index contributed by atoms with van der Waals surface area (Å²) in [6, 6.07) is 14.5. The summed E-state index contributed by atoms with van der Waals surface area (Å²) in [4.78, 5) is 12.5. The molecule has 0 saturated carbocycles. The Labute approximate surface area is 140 Å². The van der Waals surface area contributed by atoms with Crippen LogP contribution in [0.15, 0.2) is 52.9 Å². The van der Waals surface area contributed by atoms with Crippen LogP contribution in [0.2, 0.25) is 0 Å². The van der Waals surface area contributed by atoms with Crippen molar-refractivity contribution in [2.24, 2.45) is 0 Å². The van der Waals surface area contributed by atoms with Gasteiger partial charge >= 0.3 is 0 Å². The first-order chi connectivity index (χ1) is 11.6. The van der Waals surface area contributed by atoms with Crippen LogP contribution in [0.5, 0.6) is 11.5 Å². The highest BCUT2D eigenvalue weighted by molar-refractivity contribution is 5.96. The lowest BCUT2D eigenvalue weighted by Crippen LogP contribution is -2.26. The molecule has 5 heteroatoms. The second-order valence-electron chi connectivity index (χ2n) is 5.45. The maximum atomic E-state index is 12.5. The molecule has 1 atom stereocenters. The number of carbonyl (C=O) groups is 1. The number of carbonyl (C=O) groups excluding carboxylic acids is 1. The normalized spacial score (nSPS) is 12.0. The molecule has 0 radical (unpaired) electrons. The minimum absolute atomic E-state index is 0.268. The van der Waals surface area contributed by atoms with Gasteiger partial charge in [0.1, 0.15) is 17.1 Å². The monoisotopic (exact) mass is 325 g/mol. The van der Waals surface area contributed by atoms with E-state index in [1.165, 1.54) is 0 Å². The highest BCUT2D eigenvalue weighted by atomic mass is 16.5. The Morgan fingerprint density at radius 2 is 1.88 bits per heavy atom. The van der Waals surface area contributed by atoms with Gasteiger partial charge in [-0.05, 0) is 37.3 Å². The summed E-state index contributed by atoms with van der Waals surface area (Å²) in [5, 5.41) is 3.83. The molecule has 0 aliphatic carbocycles. The molecule has 2 aromatic carbocycles. The van der Waals surface area contributed by atoms with Crippen LogP contribution in [0, 0.1) is 0 Å². The maximum Gasteiger partial charge on any atom is 0.287 e. The largest absolute Gasteiger partial charge is 0.497 e. The molecule has 124 valence electrons. The lowest BCUT2D eigenvalue weighted by Gasteiger charge is -2.17. The molecule has 1 amide bonds. The molecule has 0 fully saturated rings. The zero-order valence-corrected chi connectivity index (χ0v) is 13.8. The second kappa shape index (κ2) is 6.66. The predicted molar refractivity (Wildman–Crippen MR) is 91.6 cm³/mol. The molecular formula is C19H19NO4. The van der Waals surface area contributed by atoms with Gasteiger partial charge in [-0.3, -0.25) is 4.79 Å². The quantitative estimate of drug-likeness (QED) is 0.772. The third kappa shape index (κ3) is 3.06. The molecule has 1 aromatic heterocycles. The van der Waals surface area contributed by atoms with Crippen molar-refractivity contribution in [3.8, 4) is 11.5 Å². The molecule has 0 unspecified atom stereocenters. The van der Waals surface area contributed by atoms with Crippen LogP contribution in [0.25, 0.3) is 11.0 Å². The third-order valence-corrected chi connectivity index (χ3v) is 3.90. The van der Waals surface area contributed by atoms with E-state index in [9.17, 15) is 4.79 Å². The van der Waals surface area contributed by atoms with E-state index in [4.69, 9.17) is 13.9 Å². The van der Waals surface area contributed by atoms with Gasteiger partial charge in [-0.25, -0.2) is 0 Å². The van der Waals surface area contributed by atoms with Crippen LogP contribution in [-0.4, -0.2) is 20.1 Å². The Balaban J connectivity index is 1.83. The second-order valence-corrected chi connectivity index (χ2v) is 5.45. The van der Waals surface area contributed by atoms with Crippen molar-refractivity contribution in [3.05, 3.63) is 59.9 Å². The van der Waals surface area contributed by atoms with Crippen molar-refractivity contribution in [2.45, 2.75) is 13.0 Å². The maximum absolute atomic E-state index is 12.5. The standard InChI is InChI=1S/C19H19NO4/c1-12(15-11-14(22-2)8-9-17(15)23-3)20-19(21)18-10-13-6-4-5-7-16(13)24-18/h4-12H,1-3H3,(H,20,21)/t12-/m1/s1. The van der Waals surface area contributed by atoms with Crippen molar-refractivity contribution >= 4 is 16.9 Å². The van der Waals surface area contributed by atoms with Gasteiger partial charge < -0.3 is 19.2 Å².